The maximum Gasteiger partial charge on any atom is 0.335 e. The molecule has 0 amide bonds. The largest absolute Gasteiger partial charge is 0.478 e. The van der Waals surface area contributed by atoms with Gasteiger partial charge in [-0.1, -0.05) is 12.1 Å². The summed E-state index contributed by atoms with van der Waals surface area (Å²) in [5, 5.41) is 8.88. The molecule has 5 heteroatoms. The molecule has 3 aromatic rings. The zero-order valence-corrected chi connectivity index (χ0v) is 10.4. The Morgan fingerprint density at radius 2 is 1.90 bits per heavy atom. The third-order valence-corrected chi connectivity index (χ3v) is 2.92. The van der Waals surface area contributed by atoms with Crippen molar-refractivity contribution in [2.24, 2.45) is 0 Å². The summed E-state index contributed by atoms with van der Waals surface area (Å²) >= 11 is 0. The summed E-state index contributed by atoms with van der Waals surface area (Å²) in [4.78, 5) is 22.6. The molecule has 2 heterocycles. The molecule has 2 aromatic heterocycles. The fourth-order valence-electron chi connectivity index (χ4n) is 1.90. The molecular weight excluding hydrogens is 254 g/mol. The van der Waals surface area contributed by atoms with Crippen molar-refractivity contribution in [1.29, 1.82) is 0 Å². The lowest BCUT2D eigenvalue weighted by atomic mass is 10.1. The lowest BCUT2D eigenvalue weighted by molar-refractivity contribution is 0.0697. The Kier molecular flexibility index (Phi) is 3.01. The Bertz CT molecular complexity index is 734. The zero-order chi connectivity index (χ0) is 13.9. The van der Waals surface area contributed by atoms with Crippen LogP contribution in [0.15, 0.2) is 54.9 Å². The molecule has 0 bridgehead atoms. The van der Waals surface area contributed by atoms with Crippen molar-refractivity contribution in [3.05, 3.63) is 60.4 Å². The van der Waals surface area contributed by atoms with Gasteiger partial charge in [-0.05, 0) is 30.3 Å². The number of nitrogens with zero attached hydrogens (tertiary/aromatic N) is 2. The molecule has 0 radical (unpaired) electrons. The normalized spacial score (nSPS) is 10.4. The third kappa shape index (κ3) is 2.29. The Morgan fingerprint density at radius 3 is 2.55 bits per heavy atom. The molecule has 0 saturated heterocycles. The highest BCUT2D eigenvalue weighted by Gasteiger charge is 2.07. The first-order valence-corrected chi connectivity index (χ1v) is 6.04. The number of carboxylic acid groups (broad SMARTS) is 1. The van der Waals surface area contributed by atoms with Gasteiger partial charge in [0, 0.05) is 18.0 Å². The van der Waals surface area contributed by atoms with Gasteiger partial charge in [0.15, 0.2) is 5.82 Å². The van der Waals surface area contributed by atoms with Crippen LogP contribution in [0.1, 0.15) is 10.4 Å². The van der Waals surface area contributed by atoms with Crippen molar-refractivity contribution in [1.82, 2.24) is 15.0 Å². The highest BCUT2D eigenvalue weighted by molar-refractivity contribution is 5.88. The van der Waals surface area contributed by atoms with Gasteiger partial charge in [0.25, 0.3) is 0 Å². The smallest absolute Gasteiger partial charge is 0.335 e. The van der Waals surface area contributed by atoms with Crippen LogP contribution in [0.3, 0.4) is 0 Å². The van der Waals surface area contributed by atoms with Gasteiger partial charge in [0.05, 0.1) is 17.0 Å². The SMILES string of the molecule is O=C(O)c1ccc(-c2nccc(-c3ccc[nH]3)n2)cc1. The minimum absolute atomic E-state index is 0.245. The van der Waals surface area contributed by atoms with Crippen LogP contribution in [0.2, 0.25) is 0 Å². The molecule has 0 spiro atoms. The first-order valence-electron chi connectivity index (χ1n) is 6.04. The minimum Gasteiger partial charge on any atom is -0.478 e. The fourth-order valence-corrected chi connectivity index (χ4v) is 1.90. The highest BCUT2D eigenvalue weighted by Crippen LogP contribution is 2.19. The maximum absolute atomic E-state index is 10.8. The van der Waals surface area contributed by atoms with Gasteiger partial charge in [-0.2, -0.15) is 0 Å². The Morgan fingerprint density at radius 1 is 1.10 bits per heavy atom. The predicted octanol–water partition coefficient (Wildman–Crippen LogP) is 2.84. The average Bonchev–Trinajstić information content (AvgIpc) is 3.02. The molecule has 20 heavy (non-hydrogen) atoms. The van der Waals surface area contributed by atoms with E-state index in [-0.39, 0.29) is 5.56 Å². The summed E-state index contributed by atoms with van der Waals surface area (Å²) in [5.41, 5.74) is 2.73. The Labute approximate surface area is 115 Å². The quantitative estimate of drug-likeness (QED) is 0.763. The Balaban J connectivity index is 1.98. The monoisotopic (exact) mass is 265 g/mol. The number of aromatic nitrogens is 3. The molecule has 98 valence electrons. The van der Waals surface area contributed by atoms with Crippen molar-refractivity contribution in [2.75, 3.05) is 0 Å². The van der Waals surface area contributed by atoms with Crippen LogP contribution in [-0.4, -0.2) is 26.0 Å². The second-order valence-corrected chi connectivity index (χ2v) is 4.23. The van der Waals surface area contributed by atoms with E-state index in [1.54, 1.807) is 30.5 Å². The summed E-state index contributed by atoms with van der Waals surface area (Å²) < 4.78 is 0. The lowest BCUT2D eigenvalue weighted by Crippen LogP contribution is -1.96. The number of H-pyrrole nitrogens is 1. The number of aromatic carboxylic acids is 1. The molecule has 0 atom stereocenters. The first-order chi connectivity index (χ1) is 9.74. The van der Waals surface area contributed by atoms with Crippen LogP contribution < -0.4 is 0 Å². The van der Waals surface area contributed by atoms with E-state index in [4.69, 9.17) is 5.11 Å². The summed E-state index contributed by atoms with van der Waals surface area (Å²) in [6.07, 6.45) is 3.52. The molecule has 0 unspecified atom stereocenters. The molecule has 5 nitrogen and oxygen atoms in total. The first kappa shape index (κ1) is 12.1. The third-order valence-electron chi connectivity index (χ3n) is 2.92. The van der Waals surface area contributed by atoms with Gasteiger partial charge < -0.3 is 10.1 Å². The van der Waals surface area contributed by atoms with Crippen LogP contribution >= 0.6 is 0 Å². The van der Waals surface area contributed by atoms with E-state index in [2.05, 4.69) is 15.0 Å². The van der Waals surface area contributed by atoms with Gasteiger partial charge in [0.2, 0.25) is 0 Å². The van der Waals surface area contributed by atoms with E-state index in [9.17, 15) is 4.79 Å². The zero-order valence-electron chi connectivity index (χ0n) is 10.4. The summed E-state index contributed by atoms with van der Waals surface area (Å²) in [7, 11) is 0. The van der Waals surface area contributed by atoms with E-state index in [1.807, 2.05) is 24.4 Å². The number of carbonyl (C=O) groups is 1. The molecule has 0 aliphatic carbocycles. The number of carboxylic acids is 1. The van der Waals surface area contributed by atoms with Crippen molar-refractivity contribution in [2.45, 2.75) is 0 Å². The standard InChI is InChI=1S/C15H11N3O2/c19-15(20)11-5-3-10(4-6-11)14-17-9-7-13(18-14)12-2-1-8-16-12/h1-9,16H,(H,19,20). The van der Waals surface area contributed by atoms with E-state index in [1.165, 1.54) is 0 Å². The van der Waals surface area contributed by atoms with E-state index >= 15 is 0 Å². The molecule has 0 aliphatic rings. The second kappa shape index (κ2) is 4.97. The van der Waals surface area contributed by atoms with Gasteiger partial charge in [-0.3, -0.25) is 0 Å². The van der Waals surface area contributed by atoms with Crippen LogP contribution in [-0.2, 0) is 0 Å². The molecule has 0 fully saturated rings. The van der Waals surface area contributed by atoms with Gasteiger partial charge in [-0.15, -0.1) is 0 Å². The van der Waals surface area contributed by atoms with E-state index in [0.717, 1.165) is 17.0 Å². The summed E-state index contributed by atoms with van der Waals surface area (Å²) in [6, 6.07) is 12.2. The molecule has 3 rings (SSSR count). The van der Waals surface area contributed by atoms with Crippen LogP contribution in [0.25, 0.3) is 22.8 Å². The van der Waals surface area contributed by atoms with Gasteiger partial charge in [-0.25, -0.2) is 14.8 Å². The molecule has 0 aliphatic heterocycles. The number of benzene rings is 1. The number of aromatic amines is 1. The van der Waals surface area contributed by atoms with Gasteiger partial charge >= 0.3 is 5.97 Å². The average molecular weight is 265 g/mol. The van der Waals surface area contributed by atoms with Crippen molar-refractivity contribution in [3.63, 3.8) is 0 Å². The predicted molar refractivity (Wildman–Crippen MR) is 74.2 cm³/mol. The summed E-state index contributed by atoms with van der Waals surface area (Å²) in [5.74, 6) is -0.383. The van der Waals surface area contributed by atoms with Crippen molar-refractivity contribution in [3.8, 4) is 22.8 Å². The number of hydrogen-bond acceptors (Lipinski definition) is 3. The molecule has 2 N–H and O–H groups in total. The lowest BCUT2D eigenvalue weighted by Gasteiger charge is -2.03. The van der Waals surface area contributed by atoms with Crippen molar-refractivity contribution >= 4 is 5.97 Å². The Hall–Kier alpha value is -2.95. The van der Waals surface area contributed by atoms with E-state index in [0.29, 0.717) is 5.82 Å². The topological polar surface area (TPSA) is 78.9 Å². The highest BCUT2D eigenvalue weighted by atomic mass is 16.4. The van der Waals surface area contributed by atoms with E-state index < -0.39 is 5.97 Å². The second-order valence-electron chi connectivity index (χ2n) is 4.23. The van der Waals surface area contributed by atoms with Crippen molar-refractivity contribution < 1.29 is 9.90 Å². The van der Waals surface area contributed by atoms with Crippen LogP contribution in [0.4, 0.5) is 0 Å². The van der Waals surface area contributed by atoms with Crippen LogP contribution in [0.5, 0.6) is 0 Å². The molecular formula is C15H11N3O2. The molecule has 1 aromatic carbocycles. The number of hydrogen-bond donors (Lipinski definition) is 2. The van der Waals surface area contributed by atoms with Crippen LogP contribution in [0, 0.1) is 0 Å². The number of nitrogens with one attached hydrogen (secondary N) is 1. The summed E-state index contributed by atoms with van der Waals surface area (Å²) in [6.45, 7) is 0. The van der Waals surface area contributed by atoms with Gasteiger partial charge in [0.1, 0.15) is 0 Å². The number of rotatable bonds is 3. The maximum atomic E-state index is 10.8. The fraction of sp³-hybridized carbons (Fsp3) is 0. The molecule has 0 saturated carbocycles. The minimum atomic E-state index is -0.947.